The molecule has 1 aromatic rings. The molecule has 0 spiro atoms. The van der Waals surface area contributed by atoms with Gasteiger partial charge in [0.2, 0.25) is 0 Å². The molecule has 70 valence electrons. The Kier molecular flexibility index (Phi) is 1.88. The third-order valence-corrected chi connectivity index (χ3v) is 2.51. The van der Waals surface area contributed by atoms with Crippen molar-refractivity contribution in [3.05, 3.63) is 23.3 Å². The van der Waals surface area contributed by atoms with E-state index in [1.165, 1.54) is 6.07 Å². The maximum Gasteiger partial charge on any atom is 0.124 e. The van der Waals surface area contributed by atoms with Crippen LogP contribution in [-0.4, -0.2) is 16.8 Å². The molecule has 0 bridgehead atoms. The first-order valence-corrected chi connectivity index (χ1v) is 4.46. The highest BCUT2D eigenvalue weighted by Crippen LogP contribution is 2.34. The van der Waals surface area contributed by atoms with E-state index in [4.69, 9.17) is 0 Å². The van der Waals surface area contributed by atoms with Crippen LogP contribution in [0.15, 0.2) is 12.1 Å². The van der Waals surface area contributed by atoms with Crippen LogP contribution in [0.25, 0.3) is 0 Å². The SMILES string of the molecule is CC1NCCc2cc(O)cc(O)c21. The van der Waals surface area contributed by atoms with Gasteiger partial charge in [-0.15, -0.1) is 0 Å². The van der Waals surface area contributed by atoms with Gasteiger partial charge in [-0.3, -0.25) is 0 Å². The van der Waals surface area contributed by atoms with Crippen LogP contribution in [0.2, 0.25) is 0 Å². The molecule has 13 heavy (non-hydrogen) atoms. The Morgan fingerprint density at radius 2 is 2.15 bits per heavy atom. The minimum absolute atomic E-state index is 0.144. The molecule has 3 nitrogen and oxygen atoms in total. The minimum atomic E-state index is 0.144. The Hall–Kier alpha value is -1.22. The standard InChI is InChI=1S/C10H13NO2/c1-6-10-7(2-3-11-6)4-8(12)5-9(10)13/h4-6,11-13H,2-3H2,1H3. The minimum Gasteiger partial charge on any atom is -0.508 e. The Balaban J connectivity index is 2.56. The predicted molar refractivity (Wildman–Crippen MR) is 49.9 cm³/mol. The van der Waals surface area contributed by atoms with E-state index in [-0.39, 0.29) is 17.5 Å². The van der Waals surface area contributed by atoms with Gasteiger partial charge in [0.25, 0.3) is 0 Å². The molecule has 1 atom stereocenters. The lowest BCUT2D eigenvalue weighted by Gasteiger charge is -2.24. The first-order valence-electron chi connectivity index (χ1n) is 4.46. The molecule has 0 saturated carbocycles. The zero-order valence-electron chi connectivity index (χ0n) is 7.54. The molecule has 1 aliphatic rings. The summed E-state index contributed by atoms with van der Waals surface area (Å²) >= 11 is 0. The maximum atomic E-state index is 9.61. The van der Waals surface area contributed by atoms with Crippen LogP contribution in [-0.2, 0) is 6.42 Å². The summed E-state index contributed by atoms with van der Waals surface area (Å²) < 4.78 is 0. The fourth-order valence-corrected chi connectivity index (χ4v) is 1.91. The van der Waals surface area contributed by atoms with Crippen molar-refractivity contribution in [1.82, 2.24) is 5.32 Å². The number of phenols is 2. The van der Waals surface area contributed by atoms with Crippen molar-refractivity contribution in [1.29, 1.82) is 0 Å². The molecule has 2 rings (SSSR count). The van der Waals surface area contributed by atoms with Crippen LogP contribution in [0.4, 0.5) is 0 Å². The average molecular weight is 179 g/mol. The van der Waals surface area contributed by atoms with E-state index in [1.54, 1.807) is 6.07 Å². The third kappa shape index (κ3) is 1.35. The number of benzene rings is 1. The smallest absolute Gasteiger partial charge is 0.124 e. The fraction of sp³-hybridized carbons (Fsp3) is 0.400. The Labute approximate surface area is 77.0 Å². The van der Waals surface area contributed by atoms with Crippen LogP contribution in [0, 0.1) is 0 Å². The summed E-state index contributed by atoms with van der Waals surface area (Å²) in [4.78, 5) is 0. The number of phenolic OH excluding ortho intramolecular Hbond substituents is 2. The van der Waals surface area contributed by atoms with Crippen LogP contribution in [0.3, 0.4) is 0 Å². The summed E-state index contributed by atoms with van der Waals surface area (Å²) in [6.45, 7) is 2.91. The summed E-state index contributed by atoms with van der Waals surface area (Å²) in [6, 6.07) is 3.29. The topological polar surface area (TPSA) is 52.5 Å². The van der Waals surface area contributed by atoms with Gasteiger partial charge in [0.05, 0.1) is 0 Å². The lowest BCUT2D eigenvalue weighted by atomic mass is 9.94. The highest BCUT2D eigenvalue weighted by atomic mass is 16.3. The molecule has 0 radical (unpaired) electrons. The van der Waals surface area contributed by atoms with Crippen molar-refractivity contribution in [2.75, 3.05) is 6.54 Å². The van der Waals surface area contributed by atoms with Gasteiger partial charge < -0.3 is 15.5 Å². The highest BCUT2D eigenvalue weighted by Gasteiger charge is 2.19. The zero-order valence-corrected chi connectivity index (χ0v) is 7.54. The molecule has 0 aliphatic carbocycles. The second-order valence-corrected chi connectivity index (χ2v) is 3.46. The van der Waals surface area contributed by atoms with Gasteiger partial charge in [-0.1, -0.05) is 0 Å². The van der Waals surface area contributed by atoms with Gasteiger partial charge in [0, 0.05) is 17.7 Å². The molecule has 0 saturated heterocycles. The van der Waals surface area contributed by atoms with Gasteiger partial charge in [0.1, 0.15) is 11.5 Å². The zero-order chi connectivity index (χ0) is 9.42. The molecule has 0 aromatic heterocycles. The van der Waals surface area contributed by atoms with Gasteiger partial charge in [-0.05, 0) is 31.5 Å². The average Bonchev–Trinajstić information content (AvgIpc) is 2.02. The van der Waals surface area contributed by atoms with E-state index in [2.05, 4.69) is 5.32 Å². The number of aromatic hydroxyl groups is 2. The molecular formula is C10H13NO2. The predicted octanol–water partition coefficient (Wildman–Crippen LogP) is 1.30. The molecule has 3 N–H and O–H groups in total. The van der Waals surface area contributed by atoms with Crippen molar-refractivity contribution in [3.63, 3.8) is 0 Å². The molecule has 1 aromatic carbocycles. The summed E-state index contributed by atoms with van der Waals surface area (Å²) in [5.41, 5.74) is 1.97. The third-order valence-electron chi connectivity index (χ3n) is 2.51. The first-order chi connectivity index (χ1) is 6.18. The van der Waals surface area contributed by atoms with Crippen molar-refractivity contribution in [2.24, 2.45) is 0 Å². The van der Waals surface area contributed by atoms with Crippen molar-refractivity contribution in [2.45, 2.75) is 19.4 Å². The van der Waals surface area contributed by atoms with Crippen molar-refractivity contribution in [3.8, 4) is 11.5 Å². The Morgan fingerprint density at radius 1 is 1.38 bits per heavy atom. The largest absolute Gasteiger partial charge is 0.508 e. The van der Waals surface area contributed by atoms with Crippen molar-refractivity contribution >= 4 is 0 Å². The van der Waals surface area contributed by atoms with E-state index < -0.39 is 0 Å². The van der Waals surface area contributed by atoms with E-state index >= 15 is 0 Å². The highest BCUT2D eigenvalue weighted by molar-refractivity contribution is 5.48. The van der Waals surface area contributed by atoms with Crippen LogP contribution < -0.4 is 5.32 Å². The molecule has 0 amide bonds. The molecular weight excluding hydrogens is 166 g/mol. The number of fused-ring (bicyclic) bond motifs is 1. The summed E-state index contributed by atoms with van der Waals surface area (Å²) in [5, 5.41) is 22.1. The number of hydrogen-bond acceptors (Lipinski definition) is 3. The van der Waals surface area contributed by atoms with Gasteiger partial charge in [0.15, 0.2) is 0 Å². The van der Waals surface area contributed by atoms with Crippen LogP contribution in [0.5, 0.6) is 11.5 Å². The van der Waals surface area contributed by atoms with Gasteiger partial charge in [-0.25, -0.2) is 0 Å². The summed E-state index contributed by atoms with van der Waals surface area (Å²) in [6.07, 6.45) is 0.863. The van der Waals surface area contributed by atoms with Gasteiger partial charge in [-0.2, -0.15) is 0 Å². The molecule has 1 aliphatic heterocycles. The second kappa shape index (κ2) is 2.92. The summed E-state index contributed by atoms with van der Waals surface area (Å²) in [5.74, 6) is 0.333. The van der Waals surface area contributed by atoms with Crippen LogP contribution >= 0.6 is 0 Å². The normalized spacial score (nSPS) is 21.2. The van der Waals surface area contributed by atoms with Gasteiger partial charge >= 0.3 is 0 Å². The number of nitrogens with one attached hydrogen (secondary N) is 1. The Morgan fingerprint density at radius 3 is 2.92 bits per heavy atom. The molecule has 0 fully saturated rings. The fourth-order valence-electron chi connectivity index (χ4n) is 1.91. The number of hydrogen-bond donors (Lipinski definition) is 3. The van der Waals surface area contributed by atoms with E-state index in [1.807, 2.05) is 6.92 Å². The quantitative estimate of drug-likeness (QED) is 0.562. The van der Waals surface area contributed by atoms with Crippen LogP contribution in [0.1, 0.15) is 24.1 Å². The molecule has 1 heterocycles. The van der Waals surface area contributed by atoms with Crippen molar-refractivity contribution < 1.29 is 10.2 Å². The molecule has 1 unspecified atom stereocenters. The first kappa shape index (κ1) is 8.38. The van der Waals surface area contributed by atoms with E-state index in [9.17, 15) is 10.2 Å². The monoisotopic (exact) mass is 179 g/mol. The van der Waals surface area contributed by atoms with E-state index in [0.717, 1.165) is 24.1 Å². The summed E-state index contributed by atoms with van der Waals surface area (Å²) in [7, 11) is 0. The Bertz CT molecular complexity index is 336. The van der Waals surface area contributed by atoms with E-state index in [0.29, 0.717) is 0 Å². The lowest BCUT2D eigenvalue weighted by molar-refractivity contribution is 0.426. The number of rotatable bonds is 0. The lowest BCUT2D eigenvalue weighted by Crippen LogP contribution is -2.27. The maximum absolute atomic E-state index is 9.61. The second-order valence-electron chi connectivity index (χ2n) is 3.46. The molecule has 3 heteroatoms.